The summed E-state index contributed by atoms with van der Waals surface area (Å²) in [6.45, 7) is 13.7. The van der Waals surface area contributed by atoms with E-state index in [0.717, 1.165) is 50.7 Å². The molecule has 4 nitrogen and oxygen atoms in total. The van der Waals surface area contributed by atoms with Crippen molar-refractivity contribution in [2.24, 2.45) is 11.8 Å². The second-order valence-corrected chi connectivity index (χ2v) is 9.14. The van der Waals surface area contributed by atoms with Crippen molar-refractivity contribution in [1.29, 1.82) is 0 Å². The fraction of sp³-hybridized carbons (Fsp3) is 0.692. The van der Waals surface area contributed by atoms with Crippen LogP contribution in [0.5, 0.6) is 0 Å². The summed E-state index contributed by atoms with van der Waals surface area (Å²) < 4.78 is 6.18. The smallest absolute Gasteiger partial charge is 0.233 e. The van der Waals surface area contributed by atoms with Crippen LogP contribution in [-0.2, 0) is 14.3 Å². The number of amides is 2. The summed E-state index contributed by atoms with van der Waals surface area (Å²) in [4.78, 5) is 23.9. The van der Waals surface area contributed by atoms with Crippen LogP contribution in [0.4, 0.5) is 0 Å². The quantitative estimate of drug-likeness (QED) is 0.331. The van der Waals surface area contributed by atoms with Gasteiger partial charge in [0.1, 0.15) is 0 Å². The molecular formula is C26H41NO3. The van der Waals surface area contributed by atoms with E-state index in [0.29, 0.717) is 18.8 Å². The number of rotatable bonds is 11. The lowest BCUT2D eigenvalue weighted by Gasteiger charge is -2.30. The zero-order chi connectivity index (χ0) is 22.1. The van der Waals surface area contributed by atoms with E-state index >= 15 is 0 Å². The Bertz CT molecular complexity index is 682. The molecule has 0 radical (unpaired) electrons. The van der Waals surface area contributed by atoms with Gasteiger partial charge in [0.15, 0.2) is 0 Å². The van der Waals surface area contributed by atoms with Gasteiger partial charge in [0.25, 0.3) is 0 Å². The van der Waals surface area contributed by atoms with Gasteiger partial charge in [-0.3, -0.25) is 14.9 Å². The van der Waals surface area contributed by atoms with Crippen molar-refractivity contribution in [2.45, 2.75) is 97.5 Å². The molecule has 1 N–H and O–H groups in total. The van der Waals surface area contributed by atoms with Gasteiger partial charge in [-0.05, 0) is 68.9 Å². The number of piperidine rings is 1. The highest BCUT2D eigenvalue weighted by atomic mass is 16.5. The normalized spacial score (nSPS) is 26.9. The average Bonchev–Trinajstić information content (AvgIpc) is 3.16. The fourth-order valence-corrected chi connectivity index (χ4v) is 5.16. The lowest BCUT2D eigenvalue weighted by molar-refractivity contribution is -0.135. The van der Waals surface area contributed by atoms with Crippen LogP contribution < -0.4 is 5.32 Å². The van der Waals surface area contributed by atoms with Crippen molar-refractivity contribution in [1.82, 2.24) is 5.32 Å². The van der Waals surface area contributed by atoms with Gasteiger partial charge in [0.05, 0.1) is 11.5 Å². The number of hydrogen-bond donors (Lipinski definition) is 1. The first kappa shape index (κ1) is 24.6. The molecule has 168 valence electrons. The molecule has 2 fully saturated rings. The van der Waals surface area contributed by atoms with Crippen LogP contribution >= 0.6 is 0 Å². The van der Waals surface area contributed by atoms with Gasteiger partial charge >= 0.3 is 0 Å². The third kappa shape index (κ3) is 6.41. The molecule has 3 unspecified atom stereocenters. The second-order valence-electron chi connectivity index (χ2n) is 9.14. The molecule has 0 aliphatic carbocycles. The summed E-state index contributed by atoms with van der Waals surface area (Å²) in [6, 6.07) is 0. The monoisotopic (exact) mass is 415 g/mol. The molecular weight excluding hydrogens is 374 g/mol. The van der Waals surface area contributed by atoms with Gasteiger partial charge in [-0.1, -0.05) is 57.9 Å². The molecule has 30 heavy (non-hydrogen) atoms. The first-order valence-electron chi connectivity index (χ1n) is 11.9. The maximum absolute atomic E-state index is 12.4. The van der Waals surface area contributed by atoms with Crippen LogP contribution in [0.15, 0.2) is 35.5 Å². The Hall–Kier alpha value is -1.68. The van der Waals surface area contributed by atoms with Crippen molar-refractivity contribution in [3.05, 3.63) is 35.5 Å². The maximum Gasteiger partial charge on any atom is 0.233 e. The molecule has 0 aromatic heterocycles. The second kappa shape index (κ2) is 11.6. The Balaban J connectivity index is 2.17. The van der Waals surface area contributed by atoms with E-state index in [1.807, 2.05) is 6.08 Å². The summed E-state index contributed by atoms with van der Waals surface area (Å²) in [5.74, 6) is -0.109. The van der Waals surface area contributed by atoms with Crippen molar-refractivity contribution < 1.29 is 14.3 Å². The Kier molecular flexibility index (Phi) is 9.54. The van der Waals surface area contributed by atoms with E-state index in [1.165, 1.54) is 24.0 Å². The predicted molar refractivity (Wildman–Crippen MR) is 123 cm³/mol. The molecule has 2 saturated heterocycles. The molecule has 0 aromatic rings. The van der Waals surface area contributed by atoms with Crippen LogP contribution in [0.1, 0.15) is 91.9 Å². The van der Waals surface area contributed by atoms with E-state index in [1.54, 1.807) is 0 Å². The molecule has 0 bridgehead atoms. The minimum Gasteiger partial charge on any atom is -0.375 e. The van der Waals surface area contributed by atoms with Crippen LogP contribution in [0.3, 0.4) is 0 Å². The highest BCUT2D eigenvalue weighted by Crippen LogP contribution is 2.37. The number of imide groups is 1. The largest absolute Gasteiger partial charge is 0.375 e. The summed E-state index contributed by atoms with van der Waals surface area (Å²) in [6.07, 6.45) is 13.9. The first-order chi connectivity index (χ1) is 14.4. The highest BCUT2D eigenvalue weighted by Gasteiger charge is 2.34. The third-order valence-corrected chi connectivity index (χ3v) is 6.76. The summed E-state index contributed by atoms with van der Waals surface area (Å²) in [7, 11) is 0. The lowest BCUT2D eigenvalue weighted by Crippen LogP contribution is -2.41. The Morgan fingerprint density at radius 1 is 1.30 bits per heavy atom. The zero-order valence-corrected chi connectivity index (χ0v) is 19.5. The molecule has 2 aliphatic rings. The number of ether oxygens (including phenoxy) is 1. The Labute approximate surface area is 183 Å². The number of carbonyl (C=O) groups excluding carboxylic acids is 2. The van der Waals surface area contributed by atoms with Gasteiger partial charge < -0.3 is 4.74 Å². The first-order valence-corrected chi connectivity index (χ1v) is 11.9. The van der Waals surface area contributed by atoms with E-state index in [-0.39, 0.29) is 23.3 Å². The minimum absolute atomic E-state index is 0.0686. The zero-order valence-electron chi connectivity index (χ0n) is 19.5. The van der Waals surface area contributed by atoms with E-state index < -0.39 is 0 Å². The molecule has 3 atom stereocenters. The molecule has 0 aromatic carbocycles. The minimum atomic E-state index is -0.196. The van der Waals surface area contributed by atoms with E-state index in [4.69, 9.17) is 4.74 Å². The number of carbonyl (C=O) groups is 2. The summed E-state index contributed by atoms with van der Waals surface area (Å²) >= 11 is 0. The standard InChI is InChI=1S/C26H41NO3/c1-6-10-21(23-11-12-24(28)27-25(23)29)18-20(5)22(8-3)19(4)13-16-26(14-7-2)15-9-17-30-26/h8,18-19,23H,3,6-7,9-17H2,1-2,4-5H3,(H,27,28,29)/b21-18+,22-20+. The van der Waals surface area contributed by atoms with Crippen LogP contribution in [0.2, 0.25) is 0 Å². The van der Waals surface area contributed by atoms with Gasteiger partial charge in [-0.15, -0.1) is 0 Å². The van der Waals surface area contributed by atoms with Crippen molar-refractivity contribution in [3.8, 4) is 0 Å². The maximum atomic E-state index is 12.4. The van der Waals surface area contributed by atoms with Crippen molar-refractivity contribution >= 4 is 11.8 Å². The fourth-order valence-electron chi connectivity index (χ4n) is 5.16. The topological polar surface area (TPSA) is 55.4 Å². The van der Waals surface area contributed by atoms with Crippen LogP contribution in [0.25, 0.3) is 0 Å². The lowest BCUT2D eigenvalue weighted by atomic mass is 9.82. The Morgan fingerprint density at radius 2 is 2.07 bits per heavy atom. The number of nitrogens with one attached hydrogen (secondary N) is 1. The average molecular weight is 416 g/mol. The summed E-state index contributed by atoms with van der Waals surface area (Å²) in [5, 5.41) is 2.51. The Morgan fingerprint density at radius 3 is 2.63 bits per heavy atom. The van der Waals surface area contributed by atoms with Gasteiger partial charge in [-0.2, -0.15) is 0 Å². The van der Waals surface area contributed by atoms with Crippen molar-refractivity contribution in [2.75, 3.05) is 6.61 Å². The number of allylic oxidation sites excluding steroid dienone is 4. The van der Waals surface area contributed by atoms with Crippen molar-refractivity contribution in [3.63, 3.8) is 0 Å². The molecule has 2 heterocycles. The van der Waals surface area contributed by atoms with Gasteiger partial charge in [-0.25, -0.2) is 0 Å². The van der Waals surface area contributed by atoms with Gasteiger partial charge in [0, 0.05) is 13.0 Å². The van der Waals surface area contributed by atoms with E-state index in [9.17, 15) is 9.59 Å². The van der Waals surface area contributed by atoms with Crippen LogP contribution in [-0.4, -0.2) is 24.0 Å². The molecule has 2 rings (SSSR count). The highest BCUT2D eigenvalue weighted by molar-refractivity contribution is 5.99. The molecule has 2 aliphatic heterocycles. The van der Waals surface area contributed by atoms with E-state index in [2.05, 4.69) is 45.7 Å². The molecule has 4 heteroatoms. The number of hydrogen-bond acceptors (Lipinski definition) is 3. The SMILES string of the molecule is C=C/C(=C(C)\C=C(/CCC)C1CCC(=O)NC1=O)C(C)CCC1(CCC)CCCO1. The van der Waals surface area contributed by atoms with Gasteiger partial charge in [0.2, 0.25) is 11.8 Å². The third-order valence-electron chi connectivity index (χ3n) is 6.76. The summed E-state index contributed by atoms with van der Waals surface area (Å²) in [5.41, 5.74) is 3.63. The predicted octanol–water partition coefficient (Wildman–Crippen LogP) is 6.03. The van der Waals surface area contributed by atoms with Crippen LogP contribution in [0, 0.1) is 11.8 Å². The molecule has 0 saturated carbocycles. The molecule has 0 spiro atoms. The molecule has 2 amide bonds.